The normalized spacial score (nSPS) is 14.4. The van der Waals surface area contributed by atoms with Gasteiger partial charge in [0.05, 0.1) is 11.6 Å². The molecule has 3 rings (SSSR count). The Morgan fingerprint density at radius 3 is 2.58 bits per heavy atom. The summed E-state index contributed by atoms with van der Waals surface area (Å²) in [4.78, 5) is 14.8. The summed E-state index contributed by atoms with van der Waals surface area (Å²) in [6.45, 7) is 1.03. The van der Waals surface area contributed by atoms with Crippen LogP contribution in [-0.4, -0.2) is 38.1 Å². The minimum Gasteiger partial charge on any atom is -0.488 e. The molecule has 24 heavy (non-hydrogen) atoms. The van der Waals surface area contributed by atoms with Crippen LogP contribution in [0.3, 0.4) is 0 Å². The van der Waals surface area contributed by atoms with Gasteiger partial charge in [-0.1, -0.05) is 48.5 Å². The highest BCUT2D eigenvalue weighted by molar-refractivity contribution is 5.99. The summed E-state index contributed by atoms with van der Waals surface area (Å²) in [6.07, 6.45) is 1.91. The highest BCUT2D eigenvalue weighted by Crippen LogP contribution is 2.26. The monoisotopic (exact) mass is 322 g/mol. The molecule has 1 heterocycles. The summed E-state index contributed by atoms with van der Waals surface area (Å²) in [5, 5.41) is 3.14. The first-order valence-electron chi connectivity index (χ1n) is 8.06. The van der Waals surface area contributed by atoms with Gasteiger partial charge in [-0.15, -0.1) is 0 Å². The molecule has 0 spiro atoms. The minimum atomic E-state index is -0.0831. The number of carbonyl (C=O) groups is 1. The Morgan fingerprint density at radius 2 is 1.83 bits per heavy atom. The molecular formula is C20H22N2O2. The Hall–Kier alpha value is -2.59. The fourth-order valence-corrected chi connectivity index (χ4v) is 2.78. The molecule has 1 amide bonds. The van der Waals surface area contributed by atoms with E-state index in [1.165, 1.54) is 0 Å². The Kier molecular flexibility index (Phi) is 4.96. The smallest absolute Gasteiger partial charge is 0.251 e. The lowest BCUT2D eigenvalue weighted by Gasteiger charge is -2.24. The third kappa shape index (κ3) is 3.84. The summed E-state index contributed by atoms with van der Waals surface area (Å²) < 4.78 is 5.69. The molecule has 0 saturated carbocycles. The second kappa shape index (κ2) is 7.32. The SMILES string of the molecule is CN(C)CC(NC(=O)C1=Cc2ccccc2OC1)c1ccccc1. The first-order valence-corrected chi connectivity index (χ1v) is 8.06. The average Bonchev–Trinajstić information content (AvgIpc) is 2.61. The maximum Gasteiger partial charge on any atom is 0.251 e. The summed E-state index contributed by atoms with van der Waals surface area (Å²) in [5.74, 6) is 0.738. The Morgan fingerprint density at radius 1 is 1.12 bits per heavy atom. The van der Waals surface area contributed by atoms with Gasteiger partial charge in [-0.2, -0.15) is 0 Å². The number of fused-ring (bicyclic) bond motifs is 1. The summed E-state index contributed by atoms with van der Waals surface area (Å²) in [6, 6.07) is 17.7. The van der Waals surface area contributed by atoms with Crippen molar-refractivity contribution in [1.29, 1.82) is 0 Å². The highest BCUT2D eigenvalue weighted by Gasteiger charge is 2.21. The lowest BCUT2D eigenvalue weighted by atomic mass is 10.0. The van der Waals surface area contributed by atoms with Gasteiger partial charge in [-0.25, -0.2) is 0 Å². The molecule has 2 aromatic rings. The predicted molar refractivity (Wildman–Crippen MR) is 95.8 cm³/mol. The number of benzene rings is 2. The van der Waals surface area contributed by atoms with E-state index < -0.39 is 0 Å². The van der Waals surface area contributed by atoms with Gasteiger partial charge >= 0.3 is 0 Å². The molecular weight excluding hydrogens is 300 g/mol. The summed E-state index contributed by atoms with van der Waals surface area (Å²) in [7, 11) is 4.00. The van der Waals surface area contributed by atoms with E-state index in [1.807, 2.05) is 74.8 Å². The zero-order valence-corrected chi connectivity index (χ0v) is 14.0. The van der Waals surface area contributed by atoms with Crippen LogP contribution in [0.1, 0.15) is 17.2 Å². The van der Waals surface area contributed by atoms with Crippen LogP contribution < -0.4 is 10.1 Å². The van der Waals surface area contributed by atoms with Crippen LogP contribution in [0.15, 0.2) is 60.2 Å². The van der Waals surface area contributed by atoms with Gasteiger partial charge in [-0.05, 0) is 31.8 Å². The largest absolute Gasteiger partial charge is 0.488 e. The number of amides is 1. The van der Waals surface area contributed by atoms with Gasteiger partial charge in [0.15, 0.2) is 0 Å². The maximum absolute atomic E-state index is 12.7. The van der Waals surface area contributed by atoms with Crippen molar-refractivity contribution in [2.75, 3.05) is 27.2 Å². The average molecular weight is 322 g/mol. The number of nitrogens with one attached hydrogen (secondary N) is 1. The minimum absolute atomic E-state index is 0.0632. The van der Waals surface area contributed by atoms with Crippen molar-refractivity contribution in [3.8, 4) is 5.75 Å². The first kappa shape index (κ1) is 16.3. The van der Waals surface area contributed by atoms with Crippen molar-refractivity contribution in [2.45, 2.75) is 6.04 Å². The number of hydrogen-bond donors (Lipinski definition) is 1. The van der Waals surface area contributed by atoms with E-state index in [4.69, 9.17) is 4.74 Å². The van der Waals surface area contributed by atoms with E-state index in [0.717, 1.165) is 23.4 Å². The molecule has 0 radical (unpaired) electrons. The van der Waals surface area contributed by atoms with Gasteiger partial charge in [0.2, 0.25) is 0 Å². The second-order valence-corrected chi connectivity index (χ2v) is 6.20. The molecule has 1 aliphatic heterocycles. The Bertz CT molecular complexity index is 738. The summed E-state index contributed by atoms with van der Waals surface area (Å²) >= 11 is 0. The second-order valence-electron chi connectivity index (χ2n) is 6.20. The van der Waals surface area contributed by atoms with Gasteiger partial charge in [0.1, 0.15) is 12.4 Å². The van der Waals surface area contributed by atoms with Crippen LogP contribution in [0.2, 0.25) is 0 Å². The molecule has 0 aromatic heterocycles. The van der Waals surface area contributed by atoms with Gasteiger partial charge in [0.25, 0.3) is 5.91 Å². The first-order chi connectivity index (χ1) is 11.6. The quantitative estimate of drug-likeness (QED) is 0.920. The summed E-state index contributed by atoms with van der Waals surface area (Å²) in [5.41, 5.74) is 2.68. The van der Waals surface area contributed by atoms with E-state index in [9.17, 15) is 4.79 Å². The van der Waals surface area contributed by atoms with Crippen LogP contribution in [0.25, 0.3) is 6.08 Å². The van der Waals surface area contributed by atoms with Crippen LogP contribution in [0.5, 0.6) is 5.75 Å². The fraction of sp³-hybridized carbons (Fsp3) is 0.250. The van der Waals surface area contributed by atoms with Crippen LogP contribution in [0, 0.1) is 0 Å². The van der Waals surface area contributed by atoms with Crippen molar-refractivity contribution in [3.63, 3.8) is 0 Å². The molecule has 1 aliphatic rings. The molecule has 124 valence electrons. The molecule has 1 unspecified atom stereocenters. The van der Waals surface area contributed by atoms with E-state index in [0.29, 0.717) is 12.2 Å². The highest BCUT2D eigenvalue weighted by atomic mass is 16.5. The number of nitrogens with zero attached hydrogens (tertiary/aromatic N) is 1. The van der Waals surface area contributed by atoms with Crippen LogP contribution in [-0.2, 0) is 4.79 Å². The van der Waals surface area contributed by atoms with Crippen molar-refractivity contribution in [3.05, 3.63) is 71.3 Å². The number of likely N-dealkylation sites (N-methyl/N-ethyl adjacent to an activating group) is 1. The van der Waals surface area contributed by atoms with E-state index in [-0.39, 0.29) is 11.9 Å². The Labute approximate surface area is 142 Å². The molecule has 0 saturated heterocycles. The number of rotatable bonds is 5. The lowest BCUT2D eigenvalue weighted by Crippen LogP contribution is -2.37. The predicted octanol–water partition coefficient (Wildman–Crippen LogP) is 2.88. The van der Waals surface area contributed by atoms with Crippen LogP contribution in [0.4, 0.5) is 0 Å². The fourth-order valence-electron chi connectivity index (χ4n) is 2.78. The molecule has 4 heteroatoms. The third-order valence-electron chi connectivity index (χ3n) is 3.98. The van der Waals surface area contributed by atoms with Crippen molar-refractivity contribution in [1.82, 2.24) is 10.2 Å². The molecule has 0 aliphatic carbocycles. The maximum atomic E-state index is 12.7. The lowest BCUT2D eigenvalue weighted by molar-refractivity contribution is -0.118. The number of carbonyl (C=O) groups excluding carboxylic acids is 1. The Balaban J connectivity index is 1.78. The zero-order valence-electron chi connectivity index (χ0n) is 14.0. The van der Waals surface area contributed by atoms with Crippen LogP contribution >= 0.6 is 0 Å². The van der Waals surface area contributed by atoms with Crippen molar-refractivity contribution in [2.24, 2.45) is 0 Å². The molecule has 4 nitrogen and oxygen atoms in total. The number of ether oxygens (including phenoxy) is 1. The zero-order chi connectivity index (χ0) is 16.9. The number of hydrogen-bond acceptors (Lipinski definition) is 3. The van der Waals surface area contributed by atoms with Gasteiger partial charge in [0, 0.05) is 12.1 Å². The topological polar surface area (TPSA) is 41.6 Å². The number of para-hydroxylation sites is 1. The molecule has 1 N–H and O–H groups in total. The molecule has 0 bridgehead atoms. The van der Waals surface area contributed by atoms with E-state index >= 15 is 0 Å². The van der Waals surface area contributed by atoms with E-state index in [2.05, 4.69) is 10.2 Å². The third-order valence-corrected chi connectivity index (χ3v) is 3.98. The van der Waals surface area contributed by atoms with E-state index in [1.54, 1.807) is 0 Å². The molecule has 2 aromatic carbocycles. The van der Waals surface area contributed by atoms with Crippen molar-refractivity contribution < 1.29 is 9.53 Å². The van der Waals surface area contributed by atoms with Crippen molar-refractivity contribution >= 4 is 12.0 Å². The van der Waals surface area contributed by atoms with Gasteiger partial charge in [-0.3, -0.25) is 4.79 Å². The molecule has 0 fully saturated rings. The van der Waals surface area contributed by atoms with Gasteiger partial charge < -0.3 is 15.0 Å². The standard InChI is InChI=1S/C20H22N2O2/c1-22(2)13-18(15-8-4-3-5-9-15)21-20(23)17-12-16-10-6-7-11-19(16)24-14-17/h3-12,18H,13-14H2,1-2H3,(H,21,23). The molecule has 1 atom stereocenters.